The topological polar surface area (TPSA) is 102 Å². The van der Waals surface area contributed by atoms with Gasteiger partial charge < -0.3 is 19.3 Å². The van der Waals surface area contributed by atoms with Gasteiger partial charge in [0, 0.05) is 72.5 Å². The zero-order chi connectivity index (χ0) is 29.7. The molecule has 0 unspecified atom stereocenters. The van der Waals surface area contributed by atoms with Crippen LogP contribution in [0, 0.1) is 5.92 Å². The van der Waals surface area contributed by atoms with Crippen LogP contribution in [-0.2, 0) is 0 Å². The summed E-state index contributed by atoms with van der Waals surface area (Å²) in [5.74, 6) is 0.917. The number of piperidine rings is 1. The summed E-state index contributed by atoms with van der Waals surface area (Å²) in [5, 5.41) is 15.5. The van der Waals surface area contributed by atoms with Gasteiger partial charge in [0.1, 0.15) is 29.5 Å². The van der Waals surface area contributed by atoms with Crippen molar-refractivity contribution in [2.24, 2.45) is 5.92 Å². The average molecular weight is 624 g/mol. The summed E-state index contributed by atoms with van der Waals surface area (Å²) < 4.78 is 25.3. The maximum Gasteiger partial charge on any atom is 0.354 e. The Bertz CT molecular complexity index is 1710. The number of hydrogen-bond donors (Lipinski definition) is 1. The molecule has 1 N–H and O–H groups in total. The number of halogens is 3. The maximum absolute atomic E-state index is 13.4. The van der Waals surface area contributed by atoms with Crippen LogP contribution in [0.25, 0.3) is 28.2 Å². The molecule has 43 heavy (non-hydrogen) atoms. The standard InChI is InChI=1S/C32H29Cl2FN4O4/c33-24-15-36-16-25(34)29(24)30-22(31(43-38-30)18-2-3-18)5-1-17-7-9-39(10-8-17)20-4-6-26-23(13-20)28(14-27(37-26)32(40)41)42-21-11-19(35)12-21/h1,4-6,13-19,21H,2-3,7-12H2,(H,40,41)/b5-1+/t19-,21+. The zero-order valence-corrected chi connectivity index (χ0v) is 24.7. The van der Waals surface area contributed by atoms with E-state index in [0.717, 1.165) is 61.2 Å². The Morgan fingerprint density at radius 3 is 2.51 bits per heavy atom. The number of hydrogen-bond acceptors (Lipinski definition) is 7. The van der Waals surface area contributed by atoms with E-state index in [4.69, 9.17) is 32.5 Å². The Morgan fingerprint density at radius 2 is 1.84 bits per heavy atom. The number of aromatic carboxylic acids is 1. The summed E-state index contributed by atoms with van der Waals surface area (Å²) in [6.45, 7) is 1.69. The third kappa shape index (κ3) is 5.68. The van der Waals surface area contributed by atoms with Crippen molar-refractivity contribution in [3.8, 4) is 17.0 Å². The third-order valence-corrected chi connectivity index (χ3v) is 9.11. The number of ether oxygens (including phenoxy) is 1. The summed E-state index contributed by atoms with van der Waals surface area (Å²) >= 11 is 12.9. The summed E-state index contributed by atoms with van der Waals surface area (Å²) in [6.07, 6.45) is 11.0. The number of carboxylic acid groups (broad SMARTS) is 1. The summed E-state index contributed by atoms with van der Waals surface area (Å²) in [5.41, 5.74) is 3.67. The van der Waals surface area contributed by atoms with Crippen LogP contribution in [0.1, 0.15) is 66.3 Å². The number of allylic oxidation sites excluding steroid dienone is 1. The smallest absolute Gasteiger partial charge is 0.354 e. The van der Waals surface area contributed by atoms with E-state index in [9.17, 15) is 14.3 Å². The first-order chi connectivity index (χ1) is 20.8. The highest BCUT2D eigenvalue weighted by atomic mass is 35.5. The number of fused-ring (bicyclic) bond motifs is 1. The molecule has 4 aromatic rings. The second-order valence-corrected chi connectivity index (χ2v) is 12.4. The second-order valence-electron chi connectivity index (χ2n) is 11.6. The van der Waals surface area contributed by atoms with Crippen molar-refractivity contribution in [2.75, 3.05) is 18.0 Å². The molecule has 11 heteroatoms. The third-order valence-electron chi connectivity index (χ3n) is 8.54. The molecule has 1 aliphatic heterocycles. The Kier molecular flexibility index (Phi) is 7.47. The van der Waals surface area contributed by atoms with Crippen LogP contribution < -0.4 is 9.64 Å². The van der Waals surface area contributed by atoms with Gasteiger partial charge in [0.15, 0.2) is 5.69 Å². The second kappa shape index (κ2) is 11.4. The lowest BCUT2D eigenvalue weighted by Crippen LogP contribution is -2.35. The Hall–Kier alpha value is -3.69. The van der Waals surface area contributed by atoms with E-state index >= 15 is 0 Å². The van der Waals surface area contributed by atoms with Gasteiger partial charge in [0.2, 0.25) is 0 Å². The average Bonchev–Trinajstić information content (AvgIpc) is 3.75. The van der Waals surface area contributed by atoms with E-state index in [0.29, 0.717) is 57.2 Å². The number of aromatic nitrogens is 3. The molecule has 7 rings (SSSR count). The molecule has 3 aliphatic rings. The van der Waals surface area contributed by atoms with Gasteiger partial charge in [-0.25, -0.2) is 14.2 Å². The molecule has 1 aromatic carbocycles. The quantitative estimate of drug-likeness (QED) is 0.211. The number of rotatable bonds is 8. The van der Waals surface area contributed by atoms with Gasteiger partial charge >= 0.3 is 5.97 Å². The Labute approximate surface area is 257 Å². The molecule has 0 radical (unpaired) electrons. The number of nitrogens with zero attached hydrogens (tertiary/aromatic N) is 4. The summed E-state index contributed by atoms with van der Waals surface area (Å²) in [7, 11) is 0. The van der Waals surface area contributed by atoms with E-state index in [1.54, 1.807) is 12.4 Å². The Balaban J connectivity index is 1.09. The van der Waals surface area contributed by atoms with E-state index in [1.807, 2.05) is 18.2 Å². The van der Waals surface area contributed by atoms with Gasteiger partial charge in [-0.1, -0.05) is 40.5 Å². The molecule has 4 heterocycles. The molecule has 2 saturated carbocycles. The molecule has 3 aromatic heterocycles. The minimum Gasteiger partial charge on any atom is -0.489 e. The number of carboxylic acids is 1. The van der Waals surface area contributed by atoms with Crippen LogP contribution in [-0.4, -0.2) is 51.6 Å². The van der Waals surface area contributed by atoms with E-state index in [2.05, 4.69) is 32.2 Å². The van der Waals surface area contributed by atoms with Crippen molar-refractivity contribution < 1.29 is 23.6 Å². The van der Waals surface area contributed by atoms with E-state index < -0.39 is 12.1 Å². The van der Waals surface area contributed by atoms with Crippen molar-refractivity contribution in [3.63, 3.8) is 0 Å². The molecule has 1 saturated heterocycles. The van der Waals surface area contributed by atoms with Gasteiger partial charge in [-0.3, -0.25) is 4.98 Å². The highest BCUT2D eigenvalue weighted by molar-refractivity contribution is 6.39. The SMILES string of the molecule is O=C(O)c1cc(O[C@H]2C[C@@H](F)C2)c2cc(N3CCC(/C=C/c4c(-c5c(Cl)cncc5Cl)noc4C4CC4)CC3)ccc2n1. The van der Waals surface area contributed by atoms with Gasteiger partial charge in [0.25, 0.3) is 0 Å². The molecule has 0 spiro atoms. The molecular weight excluding hydrogens is 594 g/mol. The van der Waals surface area contributed by atoms with Crippen LogP contribution in [0.5, 0.6) is 5.75 Å². The number of carbonyl (C=O) groups is 1. The molecule has 0 atom stereocenters. The van der Waals surface area contributed by atoms with Gasteiger partial charge in [-0.2, -0.15) is 0 Å². The van der Waals surface area contributed by atoms with Crippen LogP contribution in [0.2, 0.25) is 10.0 Å². The highest BCUT2D eigenvalue weighted by Gasteiger charge is 2.33. The minimum atomic E-state index is -1.13. The molecule has 2 aliphatic carbocycles. The number of anilines is 1. The van der Waals surface area contributed by atoms with Gasteiger partial charge in [-0.15, -0.1) is 0 Å². The molecule has 0 bridgehead atoms. The van der Waals surface area contributed by atoms with Crippen molar-refractivity contribution in [3.05, 3.63) is 69.8 Å². The van der Waals surface area contributed by atoms with Crippen molar-refractivity contribution in [1.82, 2.24) is 15.1 Å². The van der Waals surface area contributed by atoms with Crippen LogP contribution in [0.4, 0.5) is 10.1 Å². The van der Waals surface area contributed by atoms with Crippen molar-refractivity contribution in [1.29, 1.82) is 0 Å². The molecular formula is C32H29Cl2FN4O4. The van der Waals surface area contributed by atoms with E-state index in [-0.39, 0.29) is 11.8 Å². The fraction of sp³-hybridized carbons (Fsp3) is 0.375. The summed E-state index contributed by atoms with van der Waals surface area (Å²) in [4.78, 5) is 22.3. The van der Waals surface area contributed by atoms with Crippen molar-refractivity contribution in [2.45, 2.75) is 56.7 Å². The summed E-state index contributed by atoms with van der Waals surface area (Å²) in [6, 6.07) is 7.24. The largest absolute Gasteiger partial charge is 0.489 e. The van der Waals surface area contributed by atoms with Crippen molar-refractivity contribution >= 4 is 51.8 Å². The minimum absolute atomic E-state index is 0.0896. The van der Waals surface area contributed by atoms with Crippen LogP contribution in [0.3, 0.4) is 0 Å². The fourth-order valence-corrected chi connectivity index (χ4v) is 6.42. The maximum atomic E-state index is 13.4. The fourth-order valence-electron chi connectivity index (χ4n) is 5.88. The highest BCUT2D eigenvalue weighted by Crippen LogP contribution is 2.46. The van der Waals surface area contributed by atoms with Crippen LogP contribution in [0.15, 0.2) is 47.3 Å². The predicted octanol–water partition coefficient (Wildman–Crippen LogP) is 7.98. The van der Waals surface area contributed by atoms with Gasteiger partial charge in [0.05, 0.1) is 15.6 Å². The lowest BCUT2D eigenvalue weighted by Gasteiger charge is -2.33. The lowest BCUT2D eigenvalue weighted by molar-refractivity contribution is 0.0417. The van der Waals surface area contributed by atoms with Gasteiger partial charge in [-0.05, 0) is 49.8 Å². The number of benzene rings is 1. The lowest BCUT2D eigenvalue weighted by atomic mass is 9.93. The first kappa shape index (κ1) is 28.1. The molecule has 3 fully saturated rings. The molecule has 8 nitrogen and oxygen atoms in total. The predicted molar refractivity (Wildman–Crippen MR) is 163 cm³/mol. The Morgan fingerprint density at radius 1 is 1.09 bits per heavy atom. The normalized spacial score (nSPS) is 21.0. The molecule has 0 amide bonds. The first-order valence-electron chi connectivity index (χ1n) is 14.5. The number of pyridine rings is 2. The first-order valence-corrected chi connectivity index (χ1v) is 15.3. The zero-order valence-electron chi connectivity index (χ0n) is 23.2. The van der Waals surface area contributed by atoms with E-state index in [1.165, 1.54) is 6.07 Å². The number of alkyl halides is 1. The molecule has 222 valence electrons. The monoisotopic (exact) mass is 622 g/mol. The van der Waals surface area contributed by atoms with Crippen LogP contribution >= 0.6 is 23.2 Å².